The molecule has 274 valence electrons. The molecule has 0 atom stereocenters. The number of benzene rings is 10. The van der Waals surface area contributed by atoms with Crippen LogP contribution in [0.4, 0.5) is 34.1 Å². The highest BCUT2D eigenvalue weighted by atomic mass is 15.2. The molecular weight excluding hydrogens is 701 g/mol. The first-order valence-corrected chi connectivity index (χ1v) is 19.9. The van der Waals surface area contributed by atoms with Gasteiger partial charge in [-0.1, -0.05) is 188 Å². The fourth-order valence-electron chi connectivity index (χ4n) is 8.31. The number of para-hydroxylation sites is 4. The minimum atomic E-state index is 1.10. The second kappa shape index (κ2) is 15.5. The molecule has 0 amide bonds. The van der Waals surface area contributed by atoms with E-state index >= 15 is 0 Å². The summed E-state index contributed by atoms with van der Waals surface area (Å²) < 4.78 is 0. The van der Waals surface area contributed by atoms with Gasteiger partial charge >= 0.3 is 0 Å². The van der Waals surface area contributed by atoms with Gasteiger partial charge in [0.15, 0.2) is 0 Å². The highest BCUT2D eigenvalue weighted by Gasteiger charge is 2.20. The van der Waals surface area contributed by atoms with Crippen LogP contribution in [0.15, 0.2) is 243 Å². The Kier molecular flexibility index (Phi) is 9.27. The van der Waals surface area contributed by atoms with Crippen LogP contribution in [0, 0.1) is 0 Å². The molecule has 0 saturated carbocycles. The topological polar surface area (TPSA) is 6.48 Å². The summed E-state index contributed by atoms with van der Waals surface area (Å²) >= 11 is 0. The largest absolute Gasteiger partial charge is 0.310 e. The van der Waals surface area contributed by atoms with Crippen LogP contribution in [0.3, 0.4) is 0 Å². The van der Waals surface area contributed by atoms with E-state index in [0.717, 1.165) is 56.4 Å². The van der Waals surface area contributed by atoms with Crippen molar-refractivity contribution in [2.45, 2.75) is 0 Å². The predicted molar refractivity (Wildman–Crippen MR) is 247 cm³/mol. The monoisotopic (exact) mass is 740 g/mol. The van der Waals surface area contributed by atoms with Gasteiger partial charge in [0.25, 0.3) is 0 Å². The molecule has 0 N–H and O–H groups in total. The first kappa shape index (κ1) is 34.8. The van der Waals surface area contributed by atoms with Gasteiger partial charge in [-0.3, -0.25) is 0 Å². The highest BCUT2D eigenvalue weighted by molar-refractivity contribution is 6.01. The molecule has 0 bridgehead atoms. The molecule has 0 aliphatic heterocycles. The van der Waals surface area contributed by atoms with E-state index in [9.17, 15) is 0 Å². The summed E-state index contributed by atoms with van der Waals surface area (Å²) in [4.78, 5) is 4.76. The van der Waals surface area contributed by atoms with Crippen LogP contribution < -0.4 is 9.80 Å². The normalized spacial score (nSPS) is 11.1. The first-order valence-electron chi connectivity index (χ1n) is 19.9. The summed E-state index contributed by atoms with van der Waals surface area (Å²) in [5.74, 6) is 0. The summed E-state index contributed by atoms with van der Waals surface area (Å²) in [6.45, 7) is 0. The molecule has 58 heavy (non-hydrogen) atoms. The Morgan fingerprint density at radius 1 is 0.207 bits per heavy atom. The smallest absolute Gasteiger partial charge is 0.0540 e. The van der Waals surface area contributed by atoms with Crippen LogP contribution in [-0.2, 0) is 0 Å². The molecule has 0 spiro atoms. The van der Waals surface area contributed by atoms with Crippen LogP contribution in [0.5, 0.6) is 0 Å². The fourth-order valence-corrected chi connectivity index (χ4v) is 8.31. The average Bonchev–Trinajstić information content (AvgIpc) is 3.30. The maximum atomic E-state index is 2.39. The lowest BCUT2D eigenvalue weighted by atomic mass is 9.96. The summed E-state index contributed by atoms with van der Waals surface area (Å²) in [6.07, 6.45) is 0. The minimum absolute atomic E-state index is 1.10. The maximum Gasteiger partial charge on any atom is 0.0540 e. The number of hydrogen-bond acceptors (Lipinski definition) is 2. The lowest BCUT2D eigenvalue weighted by Gasteiger charge is -2.29. The SMILES string of the molecule is c1ccc(N(c2ccc(-c3cccc4ccccc34)cc2)c2ccccc2-c2ccc(-c3ccccc3N(c3ccccc3)c3cccc4ccccc34)cc2)cc1. The second-order valence-electron chi connectivity index (χ2n) is 14.5. The average molecular weight is 741 g/mol. The maximum absolute atomic E-state index is 2.39. The van der Waals surface area contributed by atoms with Crippen molar-refractivity contribution in [2.24, 2.45) is 0 Å². The summed E-state index contributed by atoms with van der Waals surface area (Å²) in [5, 5.41) is 4.93. The van der Waals surface area contributed by atoms with E-state index in [2.05, 4.69) is 252 Å². The number of hydrogen-bond donors (Lipinski definition) is 0. The molecule has 0 aliphatic rings. The number of fused-ring (bicyclic) bond motifs is 2. The Balaban J connectivity index is 1.04. The molecular formula is C56H40N2. The Labute approximate surface area is 340 Å². The van der Waals surface area contributed by atoms with Crippen LogP contribution in [0.2, 0.25) is 0 Å². The third-order valence-electron chi connectivity index (χ3n) is 11.1. The zero-order valence-electron chi connectivity index (χ0n) is 32.0. The molecule has 0 saturated heterocycles. The second-order valence-corrected chi connectivity index (χ2v) is 14.5. The minimum Gasteiger partial charge on any atom is -0.310 e. The van der Waals surface area contributed by atoms with Crippen molar-refractivity contribution >= 4 is 55.7 Å². The van der Waals surface area contributed by atoms with E-state index in [-0.39, 0.29) is 0 Å². The molecule has 0 heterocycles. The van der Waals surface area contributed by atoms with Crippen molar-refractivity contribution in [1.82, 2.24) is 0 Å². The quantitative estimate of drug-likeness (QED) is 0.145. The molecule has 10 aromatic rings. The molecule has 0 aromatic heterocycles. The van der Waals surface area contributed by atoms with Crippen LogP contribution in [0.25, 0.3) is 54.9 Å². The van der Waals surface area contributed by atoms with E-state index in [0.29, 0.717) is 0 Å². The van der Waals surface area contributed by atoms with Crippen molar-refractivity contribution in [3.05, 3.63) is 243 Å². The molecule has 0 radical (unpaired) electrons. The van der Waals surface area contributed by atoms with E-state index in [1.807, 2.05) is 0 Å². The van der Waals surface area contributed by atoms with Crippen molar-refractivity contribution in [1.29, 1.82) is 0 Å². The highest BCUT2D eigenvalue weighted by Crippen LogP contribution is 2.45. The van der Waals surface area contributed by atoms with Crippen molar-refractivity contribution in [2.75, 3.05) is 9.80 Å². The first-order chi connectivity index (χ1) is 28.8. The number of rotatable bonds is 9. The van der Waals surface area contributed by atoms with Gasteiger partial charge in [0.2, 0.25) is 0 Å². The van der Waals surface area contributed by atoms with E-state index in [4.69, 9.17) is 0 Å². The van der Waals surface area contributed by atoms with Gasteiger partial charge in [0, 0.05) is 33.6 Å². The molecule has 2 heteroatoms. The summed E-state index contributed by atoms with van der Waals surface area (Å²) in [7, 11) is 0. The van der Waals surface area contributed by atoms with Crippen molar-refractivity contribution in [3.63, 3.8) is 0 Å². The van der Waals surface area contributed by atoms with Gasteiger partial charge < -0.3 is 9.80 Å². The Hall–Kier alpha value is -7.68. The molecule has 0 unspecified atom stereocenters. The van der Waals surface area contributed by atoms with Crippen LogP contribution in [-0.4, -0.2) is 0 Å². The van der Waals surface area contributed by atoms with E-state index in [1.54, 1.807) is 0 Å². The summed E-state index contributed by atoms with van der Waals surface area (Å²) in [5.41, 5.74) is 13.8. The third-order valence-corrected chi connectivity index (χ3v) is 11.1. The van der Waals surface area contributed by atoms with Crippen molar-refractivity contribution in [3.8, 4) is 33.4 Å². The Morgan fingerprint density at radius 2 is 0.569 bits per heavy atom. The summed E-state index contributed by atoms with van der Waals surface area (Å²) in [6, 6.07) is 87.2. The van der Waals surface area contributed by atoms with Gasteiger partial charge in [-0.05, 0) is 93.0 Å². The van der Waals surface area contributed by atoms with Gasteiger partial charge in [-0.25, -0.2) is 0 Å². The lowest BCUT2D eigenvalue weighted by Crippen LogP contribution is -2.11. The van der Waals surface area contributed by atoms with Gasteiger partial charge in [0.1, 0.15) is 0 Å². The van der Waals surface area contributed by atoms with Gasteiger partial charge in [-0.15, -0.1) is 0 Å². The van der Waals surface area contributed by atoms with E-state index < -0.39 is 0 Å². The van der Waals surface area contributed by atoms with Gasteiger partial charge in [0.05, 0.1) is 17.1 Å². The Bertz CT molecular complexity index is 2980. The molecule has 10 aromatic carbocycles. The Morgan fingerprint density at radius 3 is 1.19 bits per heavy atom. The fraction of sp³-hybridized carbons (Fsp3) is 0. The standard InChI is InChI=1S/C56H40N2/c1-3-21-46(22-4-1)57(48-39-37-43(38-40-48)50-29-15-19-41-17-7-9-25-49(41)50)54-30-13-11-27-52(54)44-33-35-45(36-34-44)53-28-12-14-31-55(53)58(47-23-5-2-6-24-47)56-32-16-20-42-18-8-10-26-51(42)56/h1-40H. The third kappa shape index (κ3) is 6.57. The lowest BCUT2D eigenvalue weighted by molar-refractivity contribution is 1.28. The van der Waals surface area contributed by atoms with Crippen LogP contribution >= 0.6 is 0 Å². The molecule has 0 fully saturated rings. The predicted octanol–water partition coefficient (Wildman–Crippen LogP) is 15.9. The molecule has 10 rings (SSSR count). The molecule has 2 nitrogen and oxygen atoms in total. The zero-order valence-corrected chi connectivity index (χ0v) is 32.0. The number of anilines is 6. The zero-order chi connectivity index (χ0) is 38.7. The van der Waals surface area contributed by atoms with E-state index in [1.165, 1.54) is 32.7 Å². The van der Waals surface area contributed by atoms with Gasteiger partial charge in [-0.2, -0.15) is 0 Å². The van der Waals surface area contributed by atoms with Crippen molar-refractivity contribution < 1.29 is 0 Å². The number of nitrogens with zero attached hydrogens (tertiary/aromatic N) is 2. The van der Waals surface area contributed by atoms with Crippen LogP contribution in [0.1, 0.15) is 0 Å². The molecule has 0 aliphatic carbocycles.